The predicted molar refractivity (Wildman–Crippen MR) is 110 cm³/mol. The van der Waals surface area contributed by atoms with Gasteiger partial charge >= 0.3 is 0 Å². The van der Waals surface area contributed by atoms with Crippen molar-refractivity contribution in [3.8, 4) is 0 Å². The molecule has 0 saturated heterocycles. The average Bonchev–Trinajstić information content (AvgIpc) is 2.70. The third-order valence-corrected chi connectivity index (χ3v) is 5.96. The normalized spacial score (nSPS) is 12.0. The van der Waals surface area contributed by atoms with Crippen molar-refractivity contribution in [1.82, 2.24) is 0 Å². The minimum atomic E-state index is -4.24. The van der Waals surface area contributed by atoms with Gasteiger partial charge in [-0.1, -0.05) is 12.1 Å². The van der Waals surface area contributed by atoms with E-state index < -0.39 is 44.5 Å². The van der Waals surface area contributed by atoms with Crippen LogP contribution in [-0.2, 0) is 14.8 Å². The van der Waals surface area contributed by atoms with Crippen LogP contribution >= 0.6 is 0 Å². The Morgan fingerprint density at radius 2 is 1.57 bits per heavy atom. The van der Waals surface area contributed by atoms with E-state index in [4.69, 9.17) is 0 Å². The van der Waals surface area contributed by atoms with Crippen molar-refractivity contribution in [2.75, 3.05) is 16.7 Å². The fraction of sp³-hybridized carbons (Fsp3) is 0.190. The predicted octanol–water partition coefficient (Wildman–Crippen LogP) is 4.85. The molecule has 30 heavy (non-hydrogen) atoms. The number of alkyl halides is 1. The standard InChI is InChI=1S/C21H19F3N2O3S/c1-21(2,12-22)20(27)25-13-6-8-14(9-7-13)26-30(28,29)18-11-10-16(23)15-4-3-5-17(24)19(15)18/h3-11,26H,12H2,1-2H3,(H,25,27). The van der Waals surface area contributed by atoms with E-state index in [1.807, 2.05) is 0 Å². The van der Waals surface area contributed by atoms with Gasteiger partial charge in [0.1, 0.15) is 18.3 Å². The maximum atomic E-state index is 14.3. The first-order chi connectivity index (χ1) is 14.0. The van der Waals surface area contributed by atoms with Crippen LogP contribution < -0.4 is 10.0 Å². The lowest BCUT2D eigenvalue weighted by molar-refractivity contribution is -0.124. The molecule has 0 atom stereocenters. The molecule has 3 rings (SSSR count). The van der Waals surface area contributed by atoms with Gasteiger partial charge in [-0.25, -0.2) is 21.6 Å². The second kappa shape index (κ2) is 7.98. The molecule has 0 unspecified atom stereocenters. The van der Waals surface area contributed by atoms with Crippen molar-refractivity contribution in [1.29, 1.82) is 0 Å². The summed E-state index contributed by atoms with van der Waals surface area (Å²) < 4.78 is 69.1. The van der Waals surface area contributed by atoms with Crippen LogP contribution in [-0.4, -0.2) is 21.0 Å². The smallest absolute Gasteiger partial charge is 0.262 e. The molecule has 3 aromatic rings. The molecule has 5 nitrogen and oxygen atoms in total. The zero-order valence-electron chi connectivity index (χ0n) is 16.2. The largest absolute Gasteiger partial charge is 0.326 e. The highest BCUT2D eigenvalue weighted by atomic mass is 32.2. The summed E-state index contributed by atoms with van der Waals surface area (Å²) in [6.45, 7) is 2.08. The maximum Gasteiger partial charge on any atom is 0.262 e. The van der Waals surface area contributed by atoms with Crippen LogP contribution in [0.1, 0.15) is 13.8 Å². The first-order valence-corrected chi connectivity index (χ1v) is 10.4. The number of hydrogen-bond donors (Lipinski definition) is 2. The molecule has 0 spiro atoms. The Balaban J connectivity index is 1.88. The van der Waals surface area contributed by atoms with Gasteiger partial charge in [0.25, 0.3) is 10.0 Å². The molecule has 0 bridgehead atoms. The molecule has 9 heteroatoms. The van der Waals surface area contributed by atoms with Gasteiger partial charge in [-0.2, -0.15) is 0 Å². The number of hydrogen-bond acceptors (Lipinski definition) is 3. The van der Waals surface area contributed by atoms with Crippen molar-refractivity contribution in [3.05, 3.63) is 66.2 Å². The van der Waals surface area contributed by atoms with Gasteiger partial charge in [0.15, 0.2) is 0 Å². The second-order valence-corrected chi connectivity index (χ2v) is 9.01. The monoisotopic (exact) mass is 436 g/mol. The van der Waals surface area contributed by atoms with Crippen LogP contribution in [0.25, 0.3) is 10.8 Å². The van der Waals surface area contributed by atoms with Crippen LogP contribution in [0.15, 0.2) is 59.5 Å². The van der Waals surface area contributed by atoms with E-state index in [0.29, 0.717) is 5.69 Å². The van der Waals surface area contributed by atoms with Gasteiger partial charge in [-0.15, -0.1) is 0 Å². The maximum absolute atomic E-state index is 14.3. The highest BCUT2D eigenvalue weighted by Gasteiger charge is 2.27. The number of sulfonamides is 1. The van der Waals surface area contributed by atoms with E-state index in [2.05, 4.69) is 10.0 Å². The topological polar surface area (TPSA) is 75.3 Å². The Kier molecular flexibility index (Phi) is 5.76. The van der Waals surface area contributed by atoms with Crippen LogP contribution in [0, 0.1) is 17.0 Å². The fourth-order valence-electron chi connectivity index (χ4n) is 2.71. The first kappa shape index (κ1) is 21.6. The summed E-state index contributed by atoms with van der Waals surface area (Å²) in [4.78, 5) is 11.6. The van der Waals surface area contributed by atoms with Gasteiger partial charge in [0.2, 0.25) is 5.91 Å². The molecule has 1 amide bonds. The minimum absolute atomic E-state index is 0.145. The highest BCUT2D eigenvalue weighted by Crippen LogP contribution is 2.29. The van der Waals surface area contributed by atoms with Gasteiger partial charge < -0.3 is 5.32 Å². The molecule has 0 aliphatic carbocycles. The van der Waals surface area contributed by atoms with Crippen LogP contribution in [0.4, 0.5) is 24.5 Å². The van der Waals surface area contributed by atoms with Crippen molar-refractivity contribution in [3.63, 3.8) is 0 Å². The van der Waals surface area contributed by atoms with Gasteiger partial charge in [-0.05, 0) is 56.3 Å². The number of fused-ring (bicyclic) bond motifs is 1. The fourth-order valence-corrected chi connectivity index (χ4v) is 3.99. The molecule has 0 aliphatic rings. The molecule has 0 saturated carbocycles. The zero-order valence-corrected chi connectivity index (χ0v) is 17.0. The second-order valence-electron chi connectivity index (χ2n) is 7.36. The Bertz CT molecular complexity index is 1210. The Hall–Kier alpha value is -3.07. The number of anilines is 2. The quantitative estimate of drug-likeness (QED) is 0.580. The lowest BCUT2D eigenvalue weighted by Gasteiger charge is -2.19. The molecular weight excluding hydrogens is 417 g/mol. The first-order valence-electron chi connectivity index (χ1n) is 8.92. The minimum Gasteiger partial charge on any atom is -0.326 e. The SMILES string of the molecule is CC(C)(CF)C(=O)Nc1ccc(NS(=O)(=O)c2ccc(F)c3cccc(F)c23)cc1. The number of carbonyl (C=O) groups is 1. The summed E-state index contributed by atoms with van der Waals surface area (Å²) in [5.41, 5.74) is -0.706. The molecule has 0 fully saturated rings. The number of amides is 1. The summed E-state index contributed by atoms with van der Waals surface area (Å²) in [5.74, 6) is -2.12. The molecular formula is C21H19F3N2O3S. The number of carbonyl (C=O) groups excluding carboxylic acids is 1. The summed E-state index contributed by atoms with van der Waals surface area (Å²) in [5, 5.41) is 2.05. The third-order valence-electron chi connectivity index (χ3n) is 4.53. The van der Waals surface area contributed by atoms with E-state index in [1.165, 1.54) is 50.2 Å². The number of halogens is 3. The Morgan fingerprint density at radius 1 is 0.933 bits per heavy atom. The van der Waals surface area contributed by atoms with Crippen molar-refractivity contribution < 1.29 is 26.4 Å². The van der Waals surface area contributed by atoms with E-state index in [0.717, 1.165) is 18.2 Å². The molecule has 0 radical (unpaired) electrons. The summed E-state index contributed by atoms with van der Waals surface area (Å²) >= 11 is 0. The number of nitrogens with one attached hydrogen (secondary N) is 2. The van der Waals surface area contributed by atoms with E-state index in [9.17, 15) is 26.4 Å². The lowest BCUT2D eigenvalue weighted by Crippen LogP contribution is -2.32. The van der Waals surface area contributed by atoms with Gasteiger partial charge in [0, 0.05) is 22.1 Å². The molecule has 158 valence electrons. The summed E-state index contributed by atoms with van der Waals surface area (Å²) in [6, 6.07) is 11.2. The molecule has 0 aromatic heterocycles. The average molecular weight is 436 g/mol. The lowest BCUT2D eigenvalue weighted by atomic mass is 9.94. The number of benzene rings is 3. The molecule has 0 heterocycles. The van der Waals surface area contributed by atoms with Gasteiger partial charge in [-0.3, -0.25) is 9.52 Å². The van der Waals surface area contributed by atoms with Crippen LogP contribution in [0.5, 0.6) is 0 Å². The van der Waals surface area contributed by atoms with Crippen molar-refractivity contribution in [2.45, 2.75) is 18.7 Å². The third kappa shape index (κ3) is 4.25. The van der Waals surface area contributed by atoms with Crippen molar-refractivity contribution in [2.24, 2.45) is 5.41 Å². The molecule has 0 aliphatic heterocycles. The van der Waals surface area contributed by atoms with Crippen LogP contribution in [0.2, 0.25) is 0 Å². The Morgan fingerprint density at radius 3 is 2.20 bits per heavy atom. The van der Waals surface area contributed by atoms with Gasteiger partial charge in [0.05, 0.1) is 10.3 Å². The van der Waals surface area contributed by atoms with E-state index in [-0.39, 0.29) is 16.5 Å². The highest BCUT2D eigenvalue weighted by molar-refractivity contribution is 7.93. The van der Waals surface area contributed by atoms with Crippen LogP contribution in [0.3, 0.4) is 0 Å². The molecule has 3 aromatic carbocycles. The van der Waals surface area contributed by atoms with E-state index >= 15 is 0 Å². The number of rotatable bonds is 6. The van der Waals surface area contributed by atoms with Crippen molar-refractivity contribution >= 4 is 38.1 Å². The summed E-state index contributed by atoms with van der Waals surface area (Å²) in [7, 11) is -4.24. The Labute approximate surface area is 172 Å². The van der Waals surface area contributed by atoms with E-state index in [1.54, 1.807) is 0 Å². The zero-order chi connectivity index (χ0) is 22.1. The molecule has 2 N–H and O–H groups in total. The summed E-state index contributed by atoms with van der Waals surface area (Å²) in [6.07, 6.45) is 0.